The molecule has 28 heavy (non-hydrogen) atoms. The number of carbonyl (C=O) groups excluding carboxylic acids is 2. The first-order valence-corrected chi connectivity index (χ1v) is 8.96. The van der Waals surface area contributed by atoms with Crippen molar-refractivity contribution in [2.75, 3.05) is 11.9 Å². The van der Waals surface area contributed by atoms with E-state index in [0.717, 1.165) is 5.56 Å². The Hall–Kier alpha value is -3.25. The van der Waals surface area contributed by atoms with E-state index < -0.39 is 5.91 Å². The summed E-state index contributed by atoms with van der Waals surface area (Å²) in [7, 11) is 0. The summed E-state index contributed by atoms with van der Waals surface area (Å²) >= 11 is 5.90. The van der Waals surface area contributed by atoms with E-state index >= 15 is 0 Å². The molecule has 0 spiro atoms. The van der Waals surface area contributed by atoms with Crippen LogP contribution in [0.4, 0.5) is 10.1 Å². The second-order valence-corrected chi connectivity index (χ2v) is 6.44. The Morgan fingerprint density at radius 1 is 0.929 bits per heavy atom. The van der Waals surface area contributed by atoms with Crippen molar-refractivity contribution >= 4 is 29.1 Å². The molecule has 0 atom stereocenters. The van der Waals surface area contributed by atoms with Crippen molar-refractivity contribution in [3.63, 3.8) is 0 Å². The normalized spacial score (nSPS) is 10.4. The van der Waals surface area contributed by atoms with Crippen LogP contribution in [0.1, 0.15) is 26.5 Å². The quantitative estimate of drug-likeness (QED) is 0.657. The number of pyridine rings is 1. The fraction of sp³-hybridized carbons (Fsp3) is 0.0952. The standard InChI is InChI=1S/C21H17ClFN3O2/c22-15-3-1-4-17(13-15)25-21(28)19-6-2-5-18(26-19)20(27)24-12-11-14-7-9-16(23)10-8-14/h1-10,13H,11-12H2,(H,24,27)(H,25,28). The van der Waals surface area contributed by atoms with Crippen LogP contribution in [-0.2, 0) is 6.42 Å². The summed E-state index contributed by atoms with van der Waals surface area (Å²) in [5, 5.41) is 5.93. The smallest absolute Gasteiger partial charge is 0.274 e. The number of hydrogen-bond acceptors (Lipinski definition) is 3. The minimum Gasteiger partial charge on any atom is -0.350 e. The Morgan fingerprint density at radius 2 is 1.61 bits per heavy atom. The number of nitrogens with one attached hydrogen (secondary N) is 2. The van der Waals surface area contributed by atoms with Gasteiger partial charge in [-0.05, 0) is 54.4 Å². The zero-order valence-corrected chi connectivity index (χ0v) is 15.5. The highest BCUT2D eigenvalue weighted by Crippen LogP contribution is 2.15. The fourth-order valence-electron chi connectivity index (χ4n) is 2.51. The van der Waals surface area contributed by atoms with Crippen molar-refractivity contribution in [3.05, 3.63) is 94.5 Å². The number of amides is 2. The predicted octanol–water partition coefficient (Wildman–Crippen LogP) is 4.10. The van der Waals surface area contributed by atoms with Crippen LogP contribution in [0.3, 0.4) is 0 Å². The first kappa shape index (κ1) is 19.5. The molecule has 2 N–H and O–H groups in total. The molecule has 1 heterocycles. The van der Waals surface area contributed by atoms with Gasteiger partial charge >= 0.3 is 0 Å². The van der Waals surface area contributed by atoms with Gasteiger partial charge in [0.05, 0.1) is 0 Å². The van der Waals surface area contributed by atoms with Crippen molar-refractivity contribution in [3.8, 4) is 0 Å². The molecule has 3 aromatic rings. The maximum Gasteiger partial charge on any atom is 0.274 e. The Morgan fingerprint density at radius 3 is 2.32 bits per heavy atom. The summed E-state index contributed by atoms with van der Waals surface area (Å²) in [6, 6.07) is 17.5. The number of anilines is 1. The topological polar surface area (TPSA) is 71.1 Å². The molecule has 1 aromatic heterocycles. The first-order chi connectivity index (χ1) is 13.5. The lowest BCUT2D eigenvalue weighted by molar-refractivity contribution is 0.0949. The van der Waals surface area contributed by atoms with E-state index in [9.17, 15) is 14.0 Å². The van der Waals surface area contributed by atoms with E-state index in [2.05, 4.69) is 15.6 Å². The Balaban J connectivity index is 1.59. The van der Waals surface area contributed by atoms with Gasteiger partial charge in [0.15, 0.2) is 0 Å². The van der Waals surface area contributed by atoms with Crippen molar-refractivity contribution in [2.24, 2.45) is 0 Å². The monoisotopic (exact) mass is 397 g/mol. The zero-order chi connectivity index (χ0) is 19.9. The molecule has 0 bridgehead atoms. The molecule has 0 aliphatic carbocycles. The van der Waals surface area contributed by atoms with Gasteiger partial charge < -0.3 is 10.6 Å². The summed E-state index contributed by atoms with van der Waals surface area (Å²) in [6.07, 6.45) is 0.557. The van der Waals surface area contributed by atoms with Crippen molar-refractivity contribution in [1.82, 2.24) is 10.3 Å². The molecule has 0 radical (unpaired) electrons. The third-order valence-electron chi connectivity index (χ3n) is 3.91. The molecular formula is C21H17ClFN3O2. The highest BCUT2D eigenvalue weighted by Gasteiger charge is 2.12. The van der Waals surface area contributed by atoms with Crippen LogP contribution in [-0.4, -0.2) is 23.3 Å². The number of rotatable bonds is 6. The SMILES string of the molecule is O=C(NCCc1ccc(F)cc1)c1cccc(C(=O)Nc2cccc(Cl)c2)n1. The summed E-state index contributed by atoms with van der Waals surface area (Å²) in [5.41, 5.74) is 1.70. The number of nitrogens with zero attached hydrogens (tertiary/aromatic N) is 1. The highest BCUT2D eigenvalue weighted by atomic mass is 35.5. The van der Waals surface area contributed by atoms with E-state index in [-0.39, 0.29) is 23.1 Å². The van der Waals surface area contributed by atoms with E-state index in [0.29, 0.717) is 23.7 Å². The molecule has 0 saturated carbocycles. The number of halogens is 2. The van der Waals surface area contributed by atoms with Gasteiger partial charge in [-0.2, -0.15) is 0 Å². The lowest BCUT2D eigenvalue weighted by atomic mass is 10.1. The molecule has 0 aliphatic heterocycles. The summed E-state index contributed by atoms with van der Waals surface area (Å²) in [4.78, 5) is 28.8. The Kier molecular flexibility index (Phi) is 6.34. The second-order valence-electron chi connectivity index (χ2n) is 6.00. The van der Waals surface area contributed by atoms with Gasteiger partial charge in [0, 0.05) is 17.3 Å². The maximum atomic E-state index is 12.9. The molecule has 0 unspecified atom stereocenters. The molecule has 0 saturated heterocycles. The highest BCUT2D eigenvalue weighted by molar-refractivity contribution is 6.30. The van der Waals surface area contributed by atoms with Gasteiger partial charge in [0.2, 0.25) is 0 Å². The number of carbonyl (C=O) groups is 2. The Bertz CT molecular complexity index is 993. The number of aromatic nitrogens is 1. The van der Waals surface area contributed by atoms with Gasteiger partial charge in [0.1, 0.15) is 17.2 Å². The first-order valence-electron chi connectivity index (χ1n) is 8.58. The van der Waals surface area contributed by atoms with Crippen LogP contribution < -0.4 is 10.6 Å². The molecule has 3 rings (SSSR count). The van der Waals surface area contributed by atoms with Crippen LogP contribution in [0.2, 0.25) is 5.02 Å². The van der Waals surface area contributed by atoms with Crippen LogP contribution in [0.15, 0.2) is 66.7 Å². The predicted molar refractivity (Wildman–Crippen MR) is 106 cm³/mol. The lowest BCUT2D eigenvalue weighted by Crippen LogP contribution is -2.27. The summed E-state index contributed by atoms with van der Waals surface area (Å²) < 4.78 is 12.9. The molecule has 5 nitrogen and oxygen atoms in total. The molecule has 7 heteroatoms. The molecule has 0 aliphatic rings. The van der Waals surface area contributed by atoms with Gasteiger partial charge in [-0.15, -0.1) is 0 Å². The van der Waals surface area contributed by atoms with Crippen molar-refractivity contribution in [1.29, 1.82) is 0 Å². The minimum absolute atomic E-state index is 0.117. The van der Waals surface area contributed by atoms with Crippen LogP contribution >= 0.6 is 11.6 Å². The van der Waals surface area contributed by atoms with Crippen molar-refractivity contribution in [2.45, 2.75) is 6.42 Å². The average Bonchev–Trinajstić information content (AvgIpc) is 2.69. The van der Waals surface area contributed by atoms with Crippen LogP contribution in [0.25, 0.3) is 0 Å². The third kappa shape index (κ3) is 5.37. The number of benzene rings is 2. The molecule has 142 valence electrons. The Labute approximate surface area is 166 Å². The van der Waals surface area contributed by atoms with E-state index in [1.807, 2.05) is 0 Å². The lowest BCUT2D eigenvalue weighted by Gasteiger charge is -2.08. The number of hydrogen-bond donors (Lipinski definition) is 2. The van der Waals surface area contributed by atoms with Crippen LogP contribution in [0, 0.1) is 5.82 Å². The largest absolute Gasteiger partial charge is 0.350 e. The minimum atomic E-state index is -0.441. The van der Waals surface area contributed by atoms with E-state index in [1.54, 1.807) is 42.5 Å². The molecule has 0 fully saturated rings. The second kappa shape index (κ2) is 9.10. The zero-order valence-electron chi connectivity index (χ0n) is 14.8. The molecule has 2 aromatic carbocycles. The average molecular weight is 398 g/mol. The van der Waals surface area contributed by atoms with Gasteiger partial charge in [0.25, 0.3) is 11.8 Å². The van der Waals surface area contributed by atoms with Gasteiger partial charge in [-0.1, -0.05) is 35.9 Å². The summed E-state index contributed by atoms with van der Waals surface area (Å²) in [5.74, 6) is -1.13. The van der Waals surface area contributed by atoms with Gasteiger partial charge in [-0.3, -0.25) is 9.59 Å². The van der Waals surface area contributed by atoms with E-state index in [4.69, 9.17) is 11.6 Å². The van der Waals surface area contributed by atoms with E-state index in [1.165, 1.54) is 24.3 Å². The molecular weight excluding hydrogens is 381 g/mol. The van der Waals surface area contributed by atoms with Crippen molar-refractivity contribution < 1.29 is 14.0 Å². The van der Waals surface area contributed by atoms with Crippen LogP contribution in [0.5, 0.6) is 0 Å². The third-order valence-corrected chi connectivity index (χ3v) is 4.14. The molecule has 2 amide bonds. The fourth-order valence-corrected chi connectivity index (χ4v) is 2.70. The van der Waals surface area contributed by atoms with Gasteiger partial charge in [-0.25, -0.2) is 9.37 Å². The maximum absolute atomic E-state index is 12.9. The summed E-state index contributed by atoms with van der Waals surface area (Å²) in [6.45, 7) is 0.366.